The maximum atomic E-state index is 8.55. The molecule has 0 fully saturated rings. The van der Waals surface area contributed by atoms with E-state index in [9.17, 15) is 0 Å². The molecule has 0 heterocycles. The van der Waals surface area contributed by atoms with Gasteiger partial charge in [0, 0.05) is 0 Å². The van der Waals surface area contributed by atoms with Crippen LogP contribution in [-0.2, 0) is 0 Å². The van der Waals surface area contributed by atoms with Crippen LogP contribution < -0.4 is 0 Å². The molecule has 0 bridgehead atoms. The first-order valence-electron chi connectivity index (χ1n) is 4.21. The van der Waals surface area contributed by atoms with Gasteiger partial charge >= 0.3 is 0 Å². The van der Waals surface area contributed by atoms with Crippen LogP contribution in [-0.4, -0.2) is 0 Å². The van der Waals surface area contributed by atoms with E-state index in [-0.39, 0.29) is 0 Å². The molecule has 1 heteroatoms. The van der Waals surface area contributed by atoms with Gasteiger partial charge in [0.05, 0.1) is 11.6 Å². The SMILES string of the molecule is C=C/C(C#N)=C\C=C/C(=C)C(C)C. The molecule has 0 atom stereocenters. The normalized spacial score (nSPS) is 11.7. The summed E-state index contributed by atoms with van der Waals surface area (Å²) in [5.41, 5.74) is 1.62. The number of hydrogen-bond donors (Lipinski definition) is 0. The molecular formula is C12H15N. The largest absolute Gasteiger partial charge is 0.192 e. The van der Waals surface area contributed by atoms with Crippen LogP contribution in [0, 0.1) is 17.2 Å². The van der Waals surface area contributed by atoms with E-state index in [0.717, 1.165) is 5.57 Å². The summed E-state index contributed by atoms with van der Waals surface area (Å²) >= 11 is 0. The molecular weight excluding hydrogens is 158 g/mol. The number of hydrogen-bond acceptors (Lipinski definition) is 1. The van der Waals surface area contributed by atoms with E-state index in [1.807, 2.05) is 18.2 Å². The Morgan fingerprint density at radius 2 is 2.08 bits per heavy atom. The molecule has 0 unspecified atom stereocenters. The van der Waals surface area contributed by atoms with Crippen molar-refractivity contribution in [2.24, 2.45) is 5.92 Å². The molecule has 0 rings (SSSR count). The van der Waals surface area contributed by atoms with E-state index < -0.39 is 0 Å². The van der Waals surface area contributed by atoms with Gasteiger partial charge in [0.1, 0.15) is 0 Å². The summed E-state index contributed by atoms with van der Waals surface area (Å²) < 4.78 is 0. The summed E-state index contributed by atoms with van der Waals surface area (Å²) in [7, 11) is 0. The van der Waals surface area contributed by atoms with Gasteiger partial charge in [0.15, 0.2) is 0 Å². The average molecular weight is 173 g/mol. The first-order valence-corrected chi connectivity index (χ1v) is 4.21. The quantitative estimate of drug-likeness (QED) is 0.472. The fourth-order valence-electron chi connectivity index (χ4n) is 0.619. The monoisotopic (exact) mass is 173 g/mol. The lowest BCUT2D eigenvalue weighted by Gasteiger charge is -2.01. The van der Waals surface area contributed by atoms with E-state index in [2.05, 4.69) is 27.0 Å². The minimum absolute atomic E-state index is 0.443. The third-order valence-electron chi connectivity index (χ3n) is 1.68. The molecule has 1 nitrogen and oxygen atoms in total. The van der Waals surface area contributed by atoms with E-state index in [0.29, 0.717) is 11.5 Å². The van der Waals surface area contributed by atoms with Gasteiger partial charge in [-0.2, -0.15) is 5.26 Å². The Balaban J connectivity index is 4.31. The van der Waals surface area contributed by atoms with E-state index in [4.69, 9.17) is 5.26 Å². The standard InChI is InChI=1S/C12H15N/c1-5-12(9-13)8-6-7-11(4)10(2)3/h5-8,10H,1,4H2,2-3H3/b7-6-,12-8+. The molecule has 0 amide bonds. The molecule has 0 N–H and O–H groups in total. The molecule has 0 aromatic rings. The van der Waals surface area contributed by atoms with Crippen molar-refractivity contribution in [2.75, 3.05) is 0 Å². The smallest absolute Gasteiger partial charge is 0.0991 e. The topological polar surface area (TPSA) is 23.8 Å². The molecule has 68 valence electrons. The summed E-state index contributed by atoms with van der Waals surface area (Å²) in [5.74, 6) is 0.443. The van der Waals surface area contributed by atoms with Crippen molar-refractivity contribution in [1.29, 1.82) is 5.26 Å². The van der Waals surface area contributed by atoms with Crippen molar-refractivity contribution in [3.63, 3.8) is 0 Å². The van der Waals surface area contributed by atoms with Gasteiger partial charge in [0.2, 0.25) is 0 Å². The Kier molecular flexibility index (Phi) is 5.30. The molecule has 13 heavy (non-hydrogen) atoms. The molecule has 0 saturated heterocycles. The van der Waals surface area contributed by atoms with Crippen molar-refractivity contribution in [1.82, 2.24) is 0 Å². The zero-order valence-corrected chi connectivity index (χ0v) is 8.25. The van der Waals surface area contributed by atoms with E-state index in [1.54, 1.807) is 6.08 Å². The summed E-state index contributed by atoms with van der Waals surface area (Å²) in [6.45, 7) is 11.6. The minimum Gasteiger partial charge on any atom is -0.192 e. The van der Waals surface area contributed by atoms with Gasteiger partial charge in [-0.15, -0.1) is 0 Å². The second-order valence-corrected chi connectivity index (χ2v) is 3.03. The van der Waals surface area contributed by atoms with Crippen LogP contribution in [0.25, 0.3) is 0 Å². The van der Waals surface area contributed by atoms with Gasteiger partial charge in [-0.1, -0.05) is 50.8 Å². The number of allylic oxidation sites excluding steroid dienone is 6. The zero-order valence-electron chi connectivity index (χ0n) is 8.25. The van der Waals surface area contributed by atoms with Gasteiger partial charge in [0.25, 0.3) is 0 Å². The van der Waals surface area contributed by atoms with Crippen molar-refractivity contribution in [2.45, 2.75) is 13.8 Å². The van der Waals surface area contributed by atoms with Crippen LogP contribution in [0.1, 0.15) is 13.8 Å². The second kappa shape index (κ2) is 6.02. The molecule has 0 aliphatic rings. The average Bonchev–Trinajstić information content (AvgIpc) is 2.12. The van der Waals surface area contributed by atoms with Crippen LogP contribution in [0.4, 0.5) is 0 Å². The third-order valence-corrected chi connectivity index (χ3v) is 1.68. The van der Waals surface area contributed by atoms with Crippen molar-refractivity contribution >= 4 is 0 Å². The lowest BCUT2D eigenvalue weighted by Crippen LogP contribution is -1.86. The Morgan fingerprint density at radius 3 is 2.46 bits per heavy atom. The maximum absolute atomic E-state index is 8.55. The molecule has 0 saturated carbocycles. The van der Waals surface area contributed by atoms with Crippen molar-refractivity contribution in [3.8, 4) is 6.07 Å². The van der Waals surface area contributed by atoms with Gasteiger partial charge in [-0.3, -0.25) is 0 Å². The van der Waals surface area contributed by atoms with Crippen LogP contribution in [0.5, 0.6) is 0 Å². The Bertz CT molecular complexity index is 285. The molecule has 0 aromatic carbocycles. The summed E-state index contributed by atoms with van der Waals surface area (Å²) in [5, 5.41) is 8.55. The number of nitriles is 1. The van der Waals surface area contributed by atoms with E-state index >= 15 is 0 Å². The van der Waals surface area contributed by atoms with Gasteiger partial charge < -0.3 is 0 Å². The number of nitrogens with zero attached hydrogens (tertiary/aromatic N) is 1. The van der Waals surface area contributed by atoms with E-state index in [1.165, 1.54) is 6.08 Å². The second-order valence-electron chi connectivity index (χ2n) is 3.03. The maximum Gasteiger partial charge on any atom is 0.0991 e. The Labute approximate surface area is 80.4 Å². The fraction of sp³-hybridized carbons (Fsp3) is 0.250. The Hall–Kier alpha value is -1.55. The predicted molar refractivity (Wildman–Crippen MR) is 57.0 cm³/mol. The summed E-state index contributed by atoms with van der Waals surface area (Å²) in [6, 6.07) is 2.02. The summed E-state index contributed by atoms with van der Waals surface area (Å²) in [4.78, 5) is 0. The van der Waals surface area contributed by atoms with Gasteiger partial charge in [-0.05, 0) is 12.0 Å². The first kappa shape index (κ1) is 11.4. The molecule has 0 aromatic heterocycles. The van der Waals surface area contributed by atoms with Crippen LogP contribution >= 0.6 is 0 Å². The molecule has 0 spiro atoms. The predicted octanol–water partition coefficient (Wildman–Crippen LogP) is 3.39. The highest BCUT2D eigenvalue weighted by molar-refractivity contribution is 5.36. The highest BCUT2D eigenvalue weighted by Gasteiger charge is 1.92. The lowest BCUT2D eigenvalue weighted by molar-refractivity contribution is 0.795. The highest BCUT2D eigenvalue weighted by atomic mass is 14.2. The fourth-order valence-corrected chi connectivity index (χ4v) is 0.619. The van der Waals surface area contributed by atoms with Crippen molar-refractivity contribution < 1.29 is 0 Å². The van der Waals surface area contributed by atoms with Gasteiger partial charge in [-0.25, -0.2) is 0 Å². The molecule has 0 aliphatic carbocycles. The zero-order chi connectivity index (χ0) is 10.3. The summed E-state index contributed by atoms with van der Waals surface area (Å²) in [6.07, 6.45) is 6.98. The molecule has 0 aliphatic heterocycles. The minimum atomic E-state index is 0.443. The number of rotatable bonds is 4. The van der Waals surface area contributed by atoms with Crippen molar-refractivity contribution in [3.05, 3.63) is 48.6 Å². The Morgan fingerprint density at radius 1 is 1.46 bits per heavy atom. The molecule has 0 radical (unpaired) electrons. The van der Waals surface area contributed by atoms with Crippen LogP contribution in [0.15, 0.2) is 48.6 Å². The third kappa shape index (κ3) is 4.81. The first-order chi connectivity index (χ1) is 6.11. The van der Waals surface area contributed by atoms with Crippen LogP contribution in [0.3, 0.4) is 0 Å². The lowest BCUT2D eigenvalue weighted by atomic mass is 10.1. The highest BCUT2D eigenvalue weighted by Crippen LogP contribution is 2.07. The van der Waals surface area contributed by atoms with Crippen LogP contribution in [0.2, 0.25) is 0 Å².